The summed E-state index contributed by atoms with van der Waals surface area (Å²) in [4.78, 5) is 12.1. The van der Waals surface area contributed by atoms with Gasteiger partial charge in [0.15, 0.2) is 6.10 Å². The molecule has 1 saturated carbocycles. The zero-order valence-electron chi connectivity index (χ0n) is 13.9. The SMILES string of the molecule is Cc1cc(OC(C)C(=O)NCCSC2CCCCC2)ccc1Cl. The molecule has 2 rings (SSSR count). The highest BCUT2D eigenvalue weighted by Gasteiger charge is 2.16. The second-order valence-corrected chi connectivity index (χ2v) is 7.91. The summed E-state index contributed by atoms with van der Waals surface area (Å²) in [6, 6.07) is 5.43. The van der Waals surface area contributed by atoms with E-state index in [1.54, 1.807) is 19.1 Å². The van der Waals surface area contributed by atoms with Gasteiger partial charge in [-0.1, -0.05) is 30.9 Å². The van der Waals surface area contributed by atoms with Crippen molar-refractivity contribution >= 4 is 29.3 Å². The summed E-state index contributed by atoms with van der Waals surface area (Å²) in [5.74, 6) is 1.58. The Morgan fingerprint density at radius 3 is 2.83 bits per heavy atom. The van der Waals surface area contributed by atoms with Crippen LogP contribution < -0.4 is 10.1 Å². The molecule has 23 heavy (non-hydrogen) atoms. The number of thioether (sulfide) groups is 1. The van der Waals surface area contributed by atoms with Crippen LogP contribution in [0.3, 0.4) is 0 Å². The minimum absolute atomic E-state index is 0.0677. The first-order valence-electron chi connectivity index (χ1n) is 8.38. The fourth-order valence-electron chi connectivity index (χ4n) is 2.72. The molecule has 1 fully saturated rings. The molecule has 3 nitrogen and oxygen atoms in total. The largest absolute Gasteiger partial charge is 0.481 e. The molecular formula is C18H26ClNO2S. The second kappa shape index (κ2) is 9.43. The van der Waals surface area contributed by atoms with Gasteiger partial charge in [-0.2, -0.15) is 11.8 Å². The Morgan fingerprint density at radius 2 is 2.13 bits per heavy atom. The number of hydrogen-bond donors (Lipinski definition) is 1. The summed E-state index contributed by atoms with van der Waals surface area (Å²) in [5.41, 5.74) is 0.945. The van der Waals surface area contributed by atoms with E-state index in [-0.39, 0.29) is 5.91 Å². The van der Waals surface area contributed by atoms with Gasteiger partial charge in [0.1, 0.15) is 5.75 Å². The smallest absolute Gasteiger partial charge is 0.260 e. The van der Waals surface area contributed by atoms with Crippen LogP contribution in [0.4, 0.5) is 0 Å². The topological polar surface area (TPSA) is 38.3 Å². The summed E-state index contributed by atoms with van der Waals surface area (Å²) in [6.07, 6.45) is 6.25. The van der Waals surface area contributed by atoms with Crippen LogP contribution in [0.15, 0.2) is 18.2 Å². The Kier molecular flexibility index (Phi) is 7.57. The fourth-order valence-corrected chi connectivity index (χ4v) is 4.06. The Bertz CT molecular complexity index is 518. The maximum atomic E-state index is 12.1. The van der Waals surface area contributed by atoms with E-state index in [9.17, 15) is 4.79 Å². The van der Waals surface area contributed by atoms with Crippen molar-refractivity contribution in [1.29, 1.82) is 0 Å². The Labute approximate surface area is 148 Å². The van der Waals surface area contributed by atoms with E-state index in [4.69, 9.17) is 16.3 Å². The average molecular weight is 356 g/mol. The molecule has 0 radical (unpaired) electrons. The predicted molar refractivity (Wildman–Crippen MR) is 98.6 cm³/mol. The number of nitrogens with one attached hydrogen (secondary N) is 1. The molecule has 1 atom stereocenters. The number of rotatable bonds is 7. The third-order valence-electron chi connectivity index (χ3n) is 4.12. The van der Waals surface area contributed by atoms with Crippen molar-refractivity contribution in [2.24, 2.45) is 0 Å². The molecule has 128 valence electrons. The maximum Gasteiger partial charge on any atom is 0.260 e. The number of benzene rings is 1. The highest BCUT2D eigenvalue weighted by atomic mass is 35.5. The van der Waals surface area contributed by atoms with E-state index in [0.29, 0.717) is 17.3 Å². The predicted octanol–water partition coefficient (Wildman–Crippen LogP) is 4.60. The Hall–Kier alpha value is -0.870. The molecule has 1 amide bonds. The molecule has 0 bridgehead atoms. The van der Waals surface area contributed by atoms with Crippen LogP contribution in [0.5, 0.6) is 5.75 Å². The van der Waals surface area contributed by atoms with Gasteiger partial charge in [0, 0.05) is 22.6 Å². The molecule has 0 aromatic heterocycles. The van der Waals surface area contributed by atoms with Gasteiger partial charge in [-0.15, -0.1) is 0 Å². The highest BCUT2D eigenvalue weighted by molar-refractivity contribution is 7.99. The van der Waals surface area contributed by atoms with Crippen molar-refractivity contribution in [1.82, 2.24) is 5.32 Å². The van der Waals surface area contributed by atoms with Gasteiger partial charge >= 0.3 is 0 Å². The molecule has 0 saturated heterocycles. The zero-order valence-corrected chi connectivity index (χ0v) is 15.5. The molecule has 0 spiro atoms. The van der Waals surface area contributed by atoms with Gasteiger partial charge in [0.25, 0.3) is 5.91 Å². The van der Waals surface area contributed by atoms with Crippen molar-refractivity contribution in [2.45, 2.75) is 57.3 Å². The van der Waals surface area contributed by atoms with Crippen molar-refractivity contribution in [2.75, 3.05) is 12.3 Å². The number of aryl methyl sites for hydroxylation is 1. The number of hydrogen-bond acceptors (Lipinski definition) is 3. The van der Waals surface area contributed by atoms with Crippen molar-refractivity contribution in [3.63, 3.8) is 0 Å². The lowest BCUT2D eigenvalue weighted by atomic mass is 10.0. The molecule has 1 unspecified atom stereocenters. The number of ether oxygens (including phenoxy) is 1. The van der Waals surface area contributed by atoms with Gasteiger partial charge < -0.3 is 10.1 Å². The Morgan fingerprint density at radius 1 is 1.39 bits per heavy atom. The van der Waals surface area contributed by atoms with Crippen molar-refractivity contribution in [3.05, 3.63) is 28.8 Å². The van der Waals surface area contributed by atoms with Crippen LogP contribution in [0.1, 0.15) is 44.6 Å². The van der Waals surface area contributed by atoms with Crippen LogP contribution in [0, 0.1) is 6.92 Å². The van der Waals surface area contributed by atoms with Gasteiger partial charge in [-0.05, 0) is 50.5 Å². The van der Waals surface area contributed by atoms with E-state index in [1.807, 2.05) is 24.8 Å². The molecule has 1 N–H and O–H groups in total. The van der Waals surface area contributed by atoms with Crippen LogP contribution in [0.25, 0.3) is 0 Å². The second-order valence-electron chi connectivity index (χ2n) is 6.09. The molecule has 0 heterocycles. The van der Waals surface area contributed by atoms with E-state index in [1.165, 1.54) is 32.1 Å². The lowest BCUT2D eigenvalue weighted by Crippen LogP contribution is -2.37. The van der Waals surface area contributed by atoms with E-state index < -0.39 is 6.10 Å². The third kappa shape index (κ3) is 6.27. The van der Waals surface area contributed by atoms with Gasteiger partial charge in [0.05, 0.1) is 0 Å². The lowest BCUT2D eigenvalue weighted by Gasteiger charge is -2.21. The normalized spacial score (nSPS) is 16.8. The van der Waals surface area contributed by atoms with Gasteiger partial charge in [0.2, 0.25) is 0 Å². The van der Waals surface area contributed by atoms with Crippen LogP contribution in [-0.4, -0.2) is 29.6 Å². The minimum Gasteiger partial charge on any atom is -0.481 e. The van der Waals surface area contributed by atoms with Crippen molar-refractivity contribution < 1.29 is 9.53 Å². The van der Waals surface area contributed by atoms with Crippen molar-refractivity contribution in [3.8, 4) is 5.75 Å². The van der Waals surface area contributed by atoms with Gasteiger partial charge in [-0.25, -0.2) is 0 Å². The average Bonchev–Trinajstić information content (AvgIpc) is 2.55. The Balaban J connectivity index is 1.66. The molecule has 1 aliphatic carbocycles. The molecule has 1 aliphatic rings. The number of carbonyl (C=O) groups is 1. The summed E-state index contributed by atoms with van der Waals surface area (Å²) < 4.78 is 5.68. The first kappa shape index (κ1) is 18.5. The fraction of sp³-hybridized carbons (Fsp3) is 0.611. The molecule has 1 aromatic rings. The van der Waals surface area contributed by atoms with E-state index in [2.05, 4.69) is 5.32 Å². The number of carbonyl (C=O) groups excluding carboxylic acids is 1. The quantitative estimate of drug-likeness (QED) is 0.726. The summed E-state index contributed by atoms with van der Waals surface area (Å²) in [6.45, 7) is 4.39. The summed E-state index contributed by atoms with van der Waals surface area (Å²) >= 11 is 7.98. The first-order valence-corrected chi connectivity index (χ1v) is 9.81. The minimum atomic E-state index is -0.504. The van der Waals surface area contributed by atoms with E-state index >= 15 is 0 Å². The number of halogens is 1. The highest BCUT2D eigenvalue weighted by Crippen LogP contribution is 2.27. The number of amides is 1. The molecule has 0 aliphatic heterocycles. The first-order chi connectivity index (χ1) is 11.1. The summed E-state index contributed by atoms with van der Waals surface area (Å²) in [7, 11) is 0. The lowest BCUT2D eigenvalue weighted by molar-refractivity contribution is -0.127. The summed E-state index contributed by atoms with van der Waals surface area (Å²) in [5, 5.41) is 4.44. The zero-order chi connectivity index (χ0) is 16.7. The molecular weight excluding hydrogens is 330 g/mol. The van der Waals surface area contributed by atoms with Crippen LogP contribution in [-0.2, 0) is 4.79 Å². The van der Waals surface area contributed by atoms with Crippen LogP contribution in [0.2, 0.25) is 5.02 Å². The van der Waals surface area contributed by atoms with E-state index in [0.717, 1.165) is 16.6 Å². The standard InChI is InChI=1S/C18H26ClNO2S/c1-13-12-15(8-9-17(13)19)22-14(2)18(21)20-10-11-23-16-6-4-3-5-7-16/h8-9,12,14,16H,3-7,10-11H2,1-2H3,(H,20,21). The van der Waals surface area contributed by atoms with Crippen LogP contribution >= 0.6 is 23.4 Å². The maximum absolute atomic E-state index is 12.1. The molecule has 5 heteroatoms. The monoisotopic (exact) mass is 355 g/mol. The van der Waals surface area contributed by atoms with Gasteiger partial charge in [-0.3, -0.25) is 4.79 Å². The third-order valence-corrected chi connectivity index (χ3v) is 5.93. The molecule has 1 aromatic carbocycles.